The first kappa shape index (κ1) is 15.7. The molecule has 20 heavy (non-hydrogen) atoms. The minimum Gasteiger partial charge on any atom is -0.340 e. The second-order valence-electron chi connectivity index (χ2n) is 5.41. The number of aromatic nitrogens is 1. The highest BCUT2D eigenvalue weighted by molar-refractivity contribution is 6.41. The summed E-state index contributed by atoms with van der Waals surface area (Å²) in [6.45, 7) is 2.82. The molecular formula is C14H21Cl2N3O. The highest BCUT2D eigenvalue weighted by Gasteiger charge is 2.28. The van der Waals surface area contributed by atoms with Gasteiger partial charge in [0.15, 0.2) is 0 Å². The van der Waals surface area contributed by atoms with E-state index in [4.69, 9.17) is 28.9 Å². The van der Waals surface area contributed by atoms with E-state index in [2.05, 4.69) is 11.9 Å². The number of nitrogens with two attached hydrogens (primary N) is 1. The zero-order valence-corrected chi connectivity index (χ0v) is 13.2. The Bertz CT molecular complexity index is 447. The molecule has 2 rings (SSSR count). The van der Waals surface area contributed by atoms with Crippen LogP contribution in [0.1, 0.15) is 49.5 Å². The normalized spacial score (nSPS) is 22.8. The van der Waals surface area contributed by atoms with E-state index in [1.807, 2.05) is 4.90 Å². The van der Waals surface area contributed by atoms with Crippen LogP contribution in [0.3, 0.4) is 0 Å². The maximum Gasteiger partial charge on any atom is 0.270 e. The molecule has 1 heterocycles. The summed E-state index contributed by atoms with van der Waals surface area (Å²) in [6.07, 6.45) is 4.81. The first-order chi connectivity index (χ1) is 9.52. The molecule has 1 aliphatic rings. The van der Waals surface area contributed by atoms with Crippen molar-refractivity contribution in [2.75, 3.05) is 6.54 Å². The Labute approximate surface area is 129 Å². The van der Waals surface area contributed by atoms with Crippen molar-refractivity contribution in [2.24, 2.45) is 5.73 Å². The highest BCUT2D eigenvalue weighted by Crippen LogP contribution is 2.26. The number of nitrogens with zero attached hydrogens (tertiary/aromatic N) is 1. The largest absolute Gasteiger partial charge is 0.340 e. The second kappa shape index (κ2) is 6.83. The van der Waals surface area contributed by atoms with Crippen molar-refractivity contribution in [3.63, 3.8) is 0 Å². The van der Waals surface area contributed by atoms with E-state index in [0.29, 0.717) is 15.9 Å². The average Bonchev–Trinajstić information content (AvgIpc) is 2.77. The van der Waals surface area contributed by atoms with Gasteiger partial charge in [0.05, 0.1) is 5.02 Å². The predicted molar refractivity (Wildman–Crippen MR) is 82.4 cm³/mol. The Balaban J connectivity index is 2.13. The lowest BCUT2D eigenvalue weighted by Crippen LogP contribution is -2.44. The maximum atomic E-state index is 12.6. The van der Waals surface area contributed by atoms with Gasteiger partial charge in [0.1, 0.15) is 10.8 Å². The molecule has 0 aliphatic heterocycles. The molecule has 1 fully saturated rings. The summed E-state index contributed by atoms with van der Waals surface area (Å²) < 4.78 is 0. The molecule has 0 spiro atoms. The summed E-state index contributed by atoms with van der Waals surface area (Å²) in [4.78, 5) is 17.4. The number of amides is 1. The van der Waals surface area contributed by atoms with Crippen LogP contribution in [0.25, 0.3) is 0 Å². The average molecular weight is 318 g/mol. The van der Waals surface area contributed by atoms with Crippen LogP contribution in [-0.4, -0.2) is 34.4 Å². The van der Waals surface area contributed by atoms with E-state index in [1.54, 1.807) is 6.07 Å². The first-order valence-electron chi connectivity index (χ1n) is 7.13. The Morgan fingerprint density at radius 1 is 1.40 bits per heavy atom. The standard InChI is InChI=1S/C14H21Cl2N3O/c1-2-7-19(10-5-3-9(17)4-6-10)14(20)12-8-11(15)13(16)18-12/h8-10,18H,2-7,17H2,1H3. The van der Waals surface area contributed by atoms with Crippen molar-refractivity contribution < 1.29 is 4.79 Å². The van der Waals surface area contributed by atoms with Gasteiger partial charge in [-0.05, 0) is 38.2 Å². The second-order valence-corrected chi connectivity index (χ2v) is 6.20. The fraction of sp³-hybridized carbons (Fsp3) is 0.643. The minimum absolute atomic E-state index is 0.0267. The van der Waals surface area contributed by atoms with Crippen LogP contribution in [-0.2, 0) is 0 Å². The topological polar surface area (TPSA) is 62.1 Å². The van der Waals surface area contributed by atoms with Gasteiger partial charge in [-0.25, -0.2) is 0 Å². The lowest BCUT2D eigenvalue weighted by atomic mass is 9.90. The number of carbonyl (C=O) groups excluding carboxylic acids is 1. The van der Waals surface area contributed by atoms with E-state index in [0.717, 1.165) is 38.6 Å². The lowest BCUT2D eigenvalue weighted by Gasteiger charge is -2.35. The van der Waals surface area contributed by atoms with Gasteiger partial charge in [-0.3, -0.25) is 4.79 Å². The van der Waals surface area contributed by atoms with Gasteiger partial charge >= 0.3 is 0 Å². The fourth-order valence-corrected chi connectivity index (χ4v) is 3.09. The molecule has 0 aromatic carbocycles. The van der Waals surface area contributed by atoms with E-state index in [9.17, 15) is 4.79 Å². The van der Waals surface area contributed by atoms with Gasteiger partial charge in [0.2, 0.25) is 0 Å². The molecule has 4 nitrogen and oxygen atoms in total. The van der Waals surface area contributed by atoms with E-state index in [1.165, 1.54) is 0 Å². The molecule has 0 radical (unpaired) electrons. The van der Waals surface area contributed by atoms with Crippen LogP contribution in [0.5, 0.6) is 0 Å². The number of carbonyl (C=O) groups is 1. The fourth-order valence-electron chi connectivity index (χ4n) is 2.78. The molecular weight excluding hydrogens is 297 g/mol. The zero-order valence-electron chi connectivity index (χ0n) is 11.7. The van der Waals surface area contributed by atoms with Gasteiger partial charge < -0.3 is 15.6 Å². The molecule has 1 aromatic rings. The summed E-state index contributed by atoms with van der Waals surface area (Å²) in [6, 6.07) is 2.14. The molecule has 0 unspecified atom stereocenters. The van der Waals surface area contributed by atoms with Crippen molar-refractivity contribution >= 4 is 29.1 Å². The molecule has 0 bridgehead atoms. The number of aromatic amines is 1. The summed E-state index contributed by atoms with van der Waals surface area (Å²) in [5.74, 6) is -0.0267. The van der Waals surface area contributed by atoms with Crippen LogP contribution < -0.4 is 5.73 Å². The summed E-state index contributed by atoms with van der Waals surface area (Å²) in [5, 5.41) is 0.703. The third kappa shape index (κ3) is 3.48. The summed E-state index contributed by atoms with van der Waals surface area (Å²) in [7, 11) is 0. The molecule has 6 heteroatoms. The van der Waals surface area contributed by atoms with Gasteiger partial charge in [-0.1, -0.05) is 30.1 Å². The van der Waals surface area contributed by atoms with Crippen LogP contribution in [0, 0.1) is 0 Å². The smallest absolute Gasteiger partial charge is 0.270 e. The van der Waals surface area contributed by atoms with Crippen LogP contribution >= 0.6 is 23.2 Å². The molecule has 1 aromatic heterocycles. The molecule has 1 amide bonds. The third-order valence-electron chi connectivity index (χ3n) is 3.86. The molecule has 1 saturated carbocycles. The third-order valence-corrected chi connectivity index (χ3v) is 4.56. The molecule has 112 valence electrons. The van der Waals surface area contributed by atoms with Crippen molar-refractivity contribution in [3.8, 4) is 0 Å². The van der Waals surface area contributed by atoms with Crippen molar-refractivity contribution in [1.82, 2.24) is 9.88 Å². The Hall–Kier alpha value is -0.710. The SMILES string of the molecule is CCCN(C(=O)c1cc(Cl)c(Cl)[nH]1)C1CCC(N)CC1. The van der Waals surface area contributed by atoms with Crippen molar-refractivity contribution in [3.05, 3.63) is 21.9 Å². The van der Waals surface area contributed by atoms with Gasteiger partial charge in [-0.2, -0.15) is 0 Å². The number of H-pyrrole nitrogens is 1. The Morgan fingerprint density at radius 3 is 2.55 bits per heavy atom. The number of nitrogens with one attached hydrogen (secondary N) is 1. The Morgan fingerprint density at radius 2 is 2.05 bits per heavy atom. The first-order valence-corrected chi connectivity index (χ1v) is 7.89. The molecule has 3 N–H and O–H groups in total. The molecule has 0 atom stereocenters. The number of halogens is 2. The van der Waals surface area contributed by atoms with Gasteiger partial charge in [0.25, 0.3) is 5.91 Å². The number of hydrogen-bond donors (Lipinski definition) is 2. The van der Waals surface area contributed by atoms with Crippen LogP contribution in [0.15, 0.2) is 6.07 Å². The zero-order chi connectivity index (χ0) is 14.7. The van der Waals surface area contributed by atoms with E-state index >= 15 is 0 Å². The maximum absolute atomic E-state index is 12.6. The molecule has 1 aliphatic carbocycles. The highest BCUT2D eigenvalue weighted by atomic mass is 35.5. The van der Waals surface area contributed by atoms with Crippen molar-refractivity contribution in [2.45, 2.75) is 51.1 Å². The molecule has 0 saturated heterocycles. The van der Waals surface area contributed by atoms with E-state index in [-0.39, 0.29) is 18.0 Å². The van der Waals surface area contributed by atoms with Crippen molar-refractivity contribution in [1.29, 1.82) is 0 Å². The predicted octanol–water partition coefficient (Wildman–Crippen LogP) is 3.44. The number of hydrogen-bond acceptors (Lipinski definition) is 2. The summed E-state index contributed by atoms with van der Waals surface area (Å²) >= 11 is 11.8. The lowest BCUT2D eigenvalue weighted by molar-refractivity contribution is 0.0621. The van der Waals surface area contributed by atoms with Gasteiger partial charge in [-0.15, -0.1) is 0 Å². The number of rotatable bonds is 4. The summed E-state index contributed by atoms with van der Waals surface area (Å²) in [5.41, 5.74) is 6.40. The van der Waals surface area contributed by atoms with E-state index < -0.39 is 0 Å². The quantitative estimate of drug-likeness (QED) is 0.893. The van der Waals surface area contributed by atoms with Crippen LogP contribution in [0.4, 0.5) is 0 Å². The minimum atomic E-state index is -0.0267. The monoisotopic (exact) mass is 317 g/mol. The van der Waals surface area contributed by atoms with Crippen LogP contribution in [0.2, 0.25) is 10.2 Å². The Kier molecular flexibility index (Phi) is 5.35. The van der Waals surface area contributed by atoms with Gasteiger partial charge in [0, 0.05) is 18.6 Å².